The van der Waals surface area contributed by atoms with Crippen molar-refractivity contribution in [1.82, 2.24) is 5.43 Å². The lowest BCUT2D eigenvalue weighted by molar-refractivity contribution is 0.525. The van der Waals surface area contributed by atoms with Crippen molar-refractivity contribution in [3.05, 3.63) is 4.91 Å². The number of hydrogen-bond donors (Lipinski definition) is 1. The third-order valence-corrected chi connectivity index (χ3v) is 0.995. The first kappa shape index (κ1) is 7.40. The molecule has 1 atom stereocenters. The van der Waals surface area contributed by atoms with Crippen LogP contribution in [0.15, 0.2) is 5.29 Å². The molecule has 0 rings (SSSR count). The summed E-state index contributed by atoms with van der Waals surface area (Å²) in [6.45, 7) is 4.01. The highest BCUT2D eigenvalue weighted by molar-refractivity contribution is 4.53. The third-order valence-electron chi connectivity index (χ3n) is 0.995. The highest BCUT2D eigenvalue weighted by Gasteiger charge is 1.94. The Labute approximate surface area is 49.4 Å². The van der Waals surface area contributed by atoms with E-state index in [0.717, 1.165) is 12.8 Å². The number of nitrogens with one attached hydrogen (secondary N) is 1. The molecule has 0 aromatic rings. The molecule has 1 unspecified atom stereocenters. The molecule has 8 heavy (non-hydrogen) atoms. The van der Waals surface area contributed by atoms with Crippen LogP contribution in [0.3, 0.4) is 0 Å². The summed E-state index contributed by atoms with van der Waals surface area (Å²) in [4.78, 5) is 9.53. The smallest absolute Gasteiger partial charge is 0.0498 e. The van der Waals surface area contributed by atoms with Gasteiger partial charge in [-0.1, -0.05) is 13.3 Å². The SMILES string of the molecule is CCCC(C)NN=O. The van der Waals surface area contributed by atoms with Crippen molar-refractivity contribution in [2.24, 2.45) is 5.29 Å². The maximum absolute atomic E-state index is 9.53. The fraction of sp³-hybridized carbons (Fsp3) is 1.00. The number of nitroso groups, excluding NO2 is 1. The van der Waals surface area contributed by atoms with E-state index in [1.165, 1.54) is 0 Å². The second-order valence-corrected chi connectivity index (χ2v) is 1.91. The van der Waals surface area contributed by atoms with Gasteiger partial charge in [0.1, 0.15) is 0 Å². The van der Waals surface area contributed by atoms with Crippen LogP contribution < -0.4 is 5.43 Å². The van der Waals surface area contributed by atoms with Crippen LogP contribution >= 0.6 is 0 Å². The number of hydrogen-bond acceptors (Lipinski definition) is 2. The van der Waals surface area contributed by atoms with Crippen molar-refractivity contribution >= 4 is 0 Å². The molecule has 0 aromatic heterocycles. The van der Waals surface area contributed by atoms with E-state index >= 15 is 0 Å². The Morgan fingerprint density at radius 3 is 2.75 bits per heavy atom. The first-order valence-electron chi connectivity index (χ1n) is 2.89. The van der Waals surface area contributed by atoms with E-state index in [1.54, 1.807) is 0 Å². The summed E-state index contributed by atoms with van der Waals surface area (Å²) >= 11 is 0. The van der Waals surface area contributed by atoms with Crippen LogP contribution in [0, 0.1) is 4.91 Å². The van der Waals surface area contributed by atoms with E-state index < -0.39 is 0 Å². The quantitative estimate of drug-likeness (QED) is 0.446. The van der Waals surface area contributed by atoms with Gasteiger partial charge in [0.15, 0.2) is 0 Å². The molecule has 0 aliphatic rings. The summed E-state index contributed by atoms with van der Waals surface area (Å²) < 4.78 is 0. The van der Waals surface area contributed by atoms with Gasteiger partial charge < -0.3 is 0 Å². The predicted octanol–water partition coefficient (Wildman–Crippen LogP) is 1.45. The molecule has 0 fully saturated rings. The van der Waals surface area contributed by atoms with Gasteiger partial charge in [-0.3, -0.25) is 5.43 Å². The maximum Gasteiger partial charge on any atom is 0.0498 e. The Hall–Kier alpha value is -0.600. The van der Waals surface area contributed by atoms with Crippen molar-refractivity contribution < 1.29 is 0 Å². The highest BCUT2D eigenvalue weighted by Crippen LogP contribution is 1.92. The zero-order valence-electron chi connectivity index (χ0n) is 5.35. The average Bonchev–Trinajstić information content (AvgIpc) is 1.68. The van der Waals surface area contributed by atoms with Gasteiger partial charge in [-0.15, -0.1) is 4.91 Å². The van der Waals surface area contributed by atoms with Gasteiger partial charge >= 0.3 is 0 Å². The molecule has 0 aliphatic heterocycles. The average molecular weight is 116 g/mol. The molecule has 0 saturated heterocycles. The Kier molecular flexibility index (Phi) is 4.21. The molecule has 0 aromatic carbocycles. The second-order valence-electron chi connectivity index (χ2n) is 1.91. The topological polar surface area (TPSA) is 41.5 Å². The molecule has 3 nitrogen and oxygen atoms in total. The van der Waals surface area contributed by atoms with Crippen molar-refractivity contribution in [3.8, 4) is 0 Å². The minimum absolute atomic E-state index is 0.234. The third kappa shape index (κ3) is 3.59. The van der Waals surface area contributed by atoms with Crippen LogP contribution in [0.1, 0.15) is 26.7 Å². The maximum atomic E-state index is 9.53. The van der Waals surface area contributed by atoms with Gasteiger partial charge in [-0.2, -0.15) is 0 Å². The van der Waals surface area contributed by atoms with Gasteiger partial charge in [0.05, 0.1) is 0 Å². The van der Waals surface area contributed by atoms with Crippen LogP contribution in [-0.2, 0) is 0 Å². The predicted molar refractivity (Wildman–Crippen MR) is 33.3 cm³/mol. The fourth-order valence-corrected chi connectivity index (χ4v) is 0.588. The Morgan fingerprint density at radius 1 is 1.75 bits per heavy atom. The lowest BCUT2D eigenvalue weighted by Crippen LogP contribution is -2.18. The normalized spacial score (nSPS) is 12.8. The molecule has 0 amide bonds. The second kappa shape index (κ2) is 4.56. The van der Waals surface area contributed by atoms with Gasteiger partial charge in [0.2, 0.25) is 0 Å². The molecule has 0 heterocycles. The van der Waals surface area contributed by atoms with Crippen LogP contribution in [0.4, 0.5) is 0 Å². The lowest BCUT2D eigenvalue weighted by Gasteiger charge is -2.03. The summed E-state index contributed by atoms with van der Waals surface area (Å²) in [6, 6.07) is 0.234. The van der Waals surface area contributed by atoms with Crippen LogP contribution in [0.5, 0.6) is 0 Å². The summed E-state index contributed by atoms with van der Waals surface area (Å²) in [5.74, 6) is 0. The van der Waals surface area contributed by atoms with E-state index in [1.807, 2.05) is 6.92 Å². The lowest BCUT2D eigenvalue weighted by atomic mass is 10.2. The van der Waals surface area contributed by atoms with Crippen molar-refractivity contribution in [3.63, 3.8) is 0 Å². The summed E-state index contributed by atoms with van der Waals surface area (Å²) in [7, 11) is 0. The minimum Gasteiger partial charge on any atom is -0.271 e. The number of nitrogens with zero attached hydrogens (tertiary/aromatic N) is 1. The van der Waals surface area contributed by atoms with Crippen LogP contribution in [0.25, 0.3) is 0 Å². The van der Waals surface area contributed by atoms with Crippen molar-refractivity contribution in [1.29, 1.82) is 0 Å². The molecular weight excluding hydrogens is 104 g/mol. The van der Waals surface area contributed by atoms with E-state index in [-0.39, 0.29) is 6.04 Å². The molecule has 0 bridgehead atoms. The molecule has 1 N–H and O–H groups in total. The standard InChI is InChI=1S/C5H12N2O/c1-3-4-5(2)6-7-8/h5H,3-4H2,1-2H3,(H,6,8). The van der Waals surface area contributed by atoms with Crippen molar-refractivity contribution in [2.75, 3.05) is 0 Å². The molecular formula is C5H12N2O. The highest BCUT2D eigenvalue weighted by atomic mass is 16.3. The molecule has 0 aliphatic carbocycles. The first-order chi connectivity index (χ1) is 3.81. The van der Waals surface area contributed by atoms with Gasteiger partial charge in [0.25, 0.3) is 0 Å². The fourth-order valence-electron chi connectivity index (χ4n) is 0.588. The summed E-state index contributed by atoms with van der Waals surface area (Å²) in [5, 5.41) is 2.55. The van der Waals surface area contributed by atoms with E-state index in [4.69, 9.17) is 0 Å². The van der Waals surface area contributed by atoms with Gasteiger partial charge in [-0.25, -0.2) is 0 Å². The first-order valence-corrected chi connectivity index (χ1v) is 2.89. The molecule has 0 saturated carbocycles. The van der Waals surface area contributed by atoms with Gasteiger partial charge in [0, 0.05) is 11.3 Å². The van der Waals surface area contributed by atoms with E-state index in [0.29, 0.717) is 0 Å². The van der Waals surface area contributed by atoms with Crippen molar-refractivity contribution in [2.45, 2.75) is 32.7 Å². The zero-order valence-corrected chi connectivity index (χ0v) is 5.35. The summed E-state index contributed by atoms with van der Waals surface area (Å²) in [6.07, 6.45) is 2.09. The van der Waals surface area contributed by atoms with Gasteiger partial charge in [-0.05, 0) is 13.3 Å². The molecule has 48 valence electrons. The largest absolute Gasteiger partial charge is 0.271 e. The zero-order chi connectivity index (χ0) is 6.41. The Balaban J connectivity index is 3.03. The Bertz CT molecular complexity index is 65.4. The monoisotopic (exact) mass is 116 g/mol. The molecule has 3 heteroatoms. The van der Waals surface area contributed by atoms with E-state index in [2.05, 4.69) is 17.6 Å². The number of rotatable bonds is 4. The van der Waals surface area contributed by atoms with E-state index in [9.17, 15) is 4.91 Å². The molecule has 0 radical (unpaired) electrons. The molecule has 0 spiro atoms. The summed E-state index contributed by atoms with van der Waals surface area (Å²) in [5.41, 5.74) is 2.42. The van der Waals surface area contributed by atoms with Crippen LogP contribution in [-0.4, -0.2) is 6.04 Å². The van der Waals surface area contributed by atoms with Crippen LogP contribution in [0.2, 0.25) is 0 Å². The Morgan fingerprint density at radius 2 is 2.38 bits per heavy atom. The minimum atomic E-state index is 0.234.